The smallest absolute Gasteiger partial charge is 0.158 e. The molecule has 4 nitrogen and oxygen atoms in total. The molecule has 2 rings (SSSR count). The van der Waals surface area contributed by atoms with E-state index in [2.05, 4.69) is 45.6 Å². The molecule has 21 heavy (non-hydrogen) atoms. The summed E-state index contributed by atoms with van der Waals surface area (Å²) in [5.41, 5.74) is 2.34. The average Bonchev–Trinajstić information content (AvgIpc) is 2.91. The molecule has 114 valence electrons. The first-order valence-corrected chi connectivity index (χ1v) is 8.09. The van der Waals surface area contributed by atoms with Crippen LogP contribution in [0.4, 0.5) is 0 Å². The van der Waals surface area contributed by atoms with E-state index in [1.54, 1.807) is 0 Å². The Morgan fingerprint density at radius 1 is 1.10 bits per heavy atom. The molecule has 0 radical (unpaired) electrons. The number of rotatable bonds is 8. The van der Waals surface area contributed by atoms with Gasteiger partial charge in [0.25, 0.3) is 0 Å². The minimum atomic E-state index is 0.244. The highest BCUT2D eigenvalue weighted by molar-refractivity contribution is 9.10. The first kappa shape index (κ1) is 16.2. The van der Waals surface area contributed by atoms with Gasteiger partial charge in [-0.3, -0.25) is 0 Å². The Morgan fingerprint density at radius 2 is 1.90 bits per heavy atom. The normalized spacial score (nSPS) is 11.0. The lowest BCUT2D eigenvalue weighted by molar-refractivity contribution is -0.732. The highest BCUT2D eigenvalue weighted by atomic mass is 79.9. The average molecular weight is 355 g/mol. The van der Waals surface area contributed by atoms with Crippen molar-refractivity contribution < 1.29 is 20.2 Å². The molecule has 5 N–H and O–H groups in total. The lowest BCUT2D eigenvalue weighted by Crippen LogP contribution is -2.94. The van der Waals surface area contributed by atoms with Crippen molar-refractivity contribution in [2.45, 2.75) is 13.5 Å². The van der Waals surface area contributed by atoms with Crippen molar-refractivity contribution in [2.24, 2.45) is 0 Å². The Labute approximate surface area is 133 Å². The zero-order valence-electron chi connectivity index (χ0n) is 12.3. The van der Waals surface area contributed by atoms with E-state index >= 15 is 0 Å². The molecule has 0 amide bonds. The van der Waals surface area contributed by atoms with Crippen LogP contribution < -0.4 is 10.6 Å². The van der Waals surface area contributed by atoms with Gasteiger partial charge in [-0.15, -0.1) is 0 Å². The van der Waals surface area contributed by atoms with Gasteiger partial charge in [0.15, 0.2) is 5.76 Å². The minimum absolute atomic E-state index is 0.244. The third-order valence-corrected chi connectivity index (χ3v) is 3.86. The summed E-state index contributed by atoms with van der Waals surface area (Å²) in [5.74, 6) is 1.92. The number of quaternary nitrogens is 2. The molecule has 0 aliphatic carbocycles. The highest BCUT2D eigenvalue weighted by Gasteiger charge is 2.08. The maximum Gasteiger partial charge on any atom is 0.158 e. The van der Waals surface area contributed by atoms with Crippen LogP contribution in [0, 0.1) is 6.92 Å². The molecular formula is C16H23BrN2O2+2. The van der Waals surface area contributed by atoms with Crippen LogP contribution in [0.1, 0.15) is 11.3 Å². The predicted molar refractivity (Wildman–Crippen MR) is 85.8 cm³/mol. The summed E-state index contributed by atoms with van der Waals surface area (Å²) >= 11 is 3.48. The third kappa shape index (κ3) is 4.97. The summed E-state index contributed by atoms with van der Waals surface area (Å²) < 4.78 is 7.01. The Hall–Kier alpha value is -1.14. The largest absolute Gasteiger partial charge is 0.455 e. The number of aliphatic hydroxyl groups excluding tert-OH is 1. The van der Waals surface area contributed by atoms with Gasteiger partial charge in [-0.2, -0.15) is 0 Å². The van der Waals surface area contributed by atoms with E-state index in [1.165, 1.54) is 5.56 Å². The molecule has 0 unspecified atom stereocenters. The molecule has 1 aromatic heterocycles. The van der Waals surface area contributed by atoms with Crippen molar-refractivity contribution in [3.8, 4) is 11.3 Å². The van der Waals surface area contributed by atoms with Crippen LogP contribution >= 0.6 is 15.9 Å². The number of halogens is 1. The van der Waals surface area contributed by atoms with Crippen LogP contribution in [0.25, 0.3) is 11.3 Å². The molecule has 1 heterocycles. The van der Waals surface area contributed by atoms with Gasteiger partial charge in [-0.25, -0.2) is 0 Å². The van der Waals surface area contributed by atoms with E-state index in [4.69, 9.17) is 9.52 Å². The van der Waals surface area contributed by atoms with Crippen molar-refractivity contribution >= 4 is 15.9 Å². The van der Waals surface area contributed by atoms with Crippen molar-refractivity contribution in [3.63, 3.8) is 0 Å². The second-order valence-electron chi connectivity index (χ2n) is 5.10. The summed E-state index contributed by atoms with van der Waals surface area (Å²) in [4.78, 5) is 0. The molecular weight excluding hydrogens is 332 g/mol. The van der Waals surface area contributed by atoms with Crippen molar-refractivity contribution in [1.82, 2.24) is 0 Å². The second-order valence-corrected chi connectivity index (χ2v) is 6.01. The Bertz CT molecular complexity index is 569. The number of benzene rings is 1. The van der Waals surface area contributed by atoms with Gasteiger partial charge in [-0.1, -0.05) is 15.9 Å². The summed E-state index contributed by atoms with van der Waals surface area (Å²) in [5, 5.41) is 13.0. The van der Waals surface area contributed by atoms with Crippen LogP contribution in [-0.4, -0.2) is 31.3 Å². The molecule has 0 fully saturated rings. The summed E-state index contributed by atoms with van der Waals surface area (Å²) in [6, 6.07) is 10.3. The lowest BCUT2D eigenvalue weighted by atomic mass is 10.1. The second kappa shape index (κ2) is 8.34. The molecule has 0 saturated heterocycles. The highest BCUT2D eigenvalue weighted by Crippen LogP contribution is 2.27. The fourth-order valence-corrected chi connectivity index (χ4v) is 2.73. The molecule has 0 bridgehead atoms. The van der Waals surface area contributed by atoms with Crippen molar-refractivity contribution in [2.75, 3.05) is 26.2 Å². The van der Waals surface area contributed by atoms with Gasteiger partial charge < -0.3 is 20.2 Å². The third-order valence-electron chi connectivity index (χ3n) is 3.37. The fourth-order valence-electron chi connectivity index (χ4n) is 2.25. The van der Waals surface area contributed by atoms with Gasteiger partial charge in [0, 0.05) is 10.0 Å². The molecule has 2 aromatic rings. The standard InChI is InChI=1S/C16H21BrN2O2/c1-12-10-13(17)2-4-15(12)16-5-3-14(21-16)11-19-7-6-18-8-9-20/h2-5,10,18-20H,6-9,11H2,1H3/p+2. The maximum atomic E-state index is 8.69. The van der Waals surface area contributed by atoms with Crippen LogP contribution in [-0.2, 0) is 6.54 Å². The van der Waals surface area contributed by atoms with E-state index in [-0.39, 0.29) is 6.61 Å². The fraction of sp³-hybridized carbons (Fsp3) is 0.375. The monoisotopic (exact) mass is 354 g/mol. The number of hydrogen-bond acceptors (Lipinski definition) is 2. The van der Waals surface area contributed by atoms with Crippen LogP contribution in [0.15, 0.2) is 39.2 Å². The number of aryl methyl sites for hydroxylation is 1. The molecule has 0 spiro atoms. The number of nitrogens with two attached hydrogens (primary N) is 2. The van der Waals surface area contributed by atoms with E-state index in [1.807, 2.05) is 18.2 Å². The number of aliphatic hydroxyl groups is 1. The zero-order chi connectivity index (χ0) is 15.1. The molecule has 0 aliphatic heterocycles. The molecule has 5 heteroatoms. The van der Waals surface area contributed by atoms with Gasteiger partial charge in [0.1, 0.15) is 25.4 Å². The Morgan fingerprint density at radius 3 is 2.67 bits per heavy atom. The van der Waals surface area contributed by atoms with E-state index in [0.717, 1.165) is 47.7 Å². The van der Waals surface area contributed by atoms with E-state index in [0.29, 0.717) is 0 Å². The van der Waals surface area contributed by atoms with E-state index in [9.17, 15) is 0 Å². The van der Waals surface area contributed by atoms with Crippen molar-refractivity contribution in [1.29, 1.82) is 0 Å². The summed E-state index contributed by atoms with van der Waals surface area (Å²) in [7, 11) is 0. The quantitative estimate of drug-likeness (QED) is 0.609. The van der Waals surface area contributed by atoms with Gasteiger partial charge >= 0.3 is 0 Å². The topological polar surface area (TPSA) is 66.6 Å². The summed E-state index contributed by atoms with van der Waals surface area (Å²) in [6.07, 6.45) is 0. The van der Waals surface area contributed by atoms with Crippen LogP contribution in [0.3, 0.4) is 0 Å². The van der Waals surface area contributed by atoms with Gasteiger partial charge in [0.05, 0.1) is 13.2 Å². The molecule has 0 atom stereocenters. The Balaban J connectivity index is 1.86. The van der Waals surface area contributed by atoms with Crippen LogP contribution in [0.5, 0.6) is 0 Å². The SMILES string of the molecule is Cc1cc(Br)ccc1-c1ccc(C[NH2+]CC[NH2+]CCO)o1. The molecule has 0 saturated carbocycles. The Kier molecular flexibility index (Phi) is 6.45. The van der Waals surface area contributed by atoms with E-state index < -0.39 is 0 Å². The molecule has 0 aliphatic rings. The number of furan rings is 1. The zero-order valence-corrected chi connectivity index (χ0v) is 13.9. The lowest BCUT2D eigenvalue weighted by Gasteiger charge is -2.03. The molecule has 1 aromatic carbocycles. The first-order valence-electron chi connectivity index (χ1n) is 7.30. The minimum Gasteiger partial charge on any atom is -0.455 e. The summed E-state index contributed by atoms with van der Waals surface area (Å²) in [6.45, 7) is 6.00. The maximum absolute atomic E-state index is 8.69. The van der Waals surface area contributed by atoms with Crippen molar-refractivity contribution in [3.05, 3.63) is 46.1 Å². The predicted octanol–water partition coefficient (Wildman–Crippen LogP) is 0.637. The van der Waals surface area contributed by atoms with Crippen LogP contribution in [0.2, 0.25) is 0 Å². The van der Waals surface area contributed by atoms with Gasteiger partial charge in [-0.05, 0) is 42.8 Å². The number of hydrogen-bond donors (Lipinski definition) is 3. The van der Waals surface area contributed by atoms with Gasteiger partial charge in [0.2, 0.25) is 0 Å². The first-order chi connectivity index (χ1) is 10.2.